The first-order valence-electron chi connectivity index (χ1n) is 11.3. The molecule has 33 heavy (non-hydrogen) atoms. The molecule has 0 unspecified atom stereocenters. The van der Waals surface area contributed by atoms with Gasteiger partial charge in [-0.05, 0) is 21.2 Å². The van der Waals surface area contributed by atoms with E-state index in [0.29, 0.717) is 0 Å². The third-order valence-electron chi connectivity index (χ3n) is 5.60. The van der Waals surface area contributed by atoms with Crippen molar-refractivity contribution < 1.29 is 4.74 Å². The zero-order valence-electron chi connectivity index (χ0n) is 18.6. The van der Waals surface area contributed by atoms with Gasteiger partial charge in [0, 0.05) is 29.2 Å². The van der Waals surface area contributed by atoms with Gasteiger partial charge in [0.1, 0.15) is 0 Å². The summed E-state index contributed by atoms with van der Waals surface area (Å²) in [5.74, 6) is 0. The van der Waals surface area contributed by atoms with Crippen molar-refractivity contribution in [1.82, 2.24) is 9.56 Å². The average Bonchev–Trinajstić information content (AvgIpc) is 2.91. The van der Waals surface area contributed by atoms with Gasteiger partial charge in [-0.25, -0.2) is 5.01 Å². The molecule has 0 amide bonds. The van der Waals surface area contributed by atoms with Crippen LogP contribution >= 0.6 is 16.1 Å². The first-order valence-corrected chi connectivity index (χ1v) is 13.9. The third kappa shape index (κ3) is 5.25. The Morgan fingerprint density at radius 3 is 1.09 bits per heavy atom. The molecule has 0 aromatic heterocycles. The van der Waals surface area contributed by atoms with Gasteiger partial charge in [-0.1, -0.05) is 121 Å². The number of hydrogen-bond donors (Lipinski definition) is 0. The summed E-state index contributed by atoms with van der Waals surface area (Å²) in [5, 5.41) is 8.02. The van der Waals surface area contributed by atoms with Gasteiger partial charge in [0.25, 0.3) is 0 Å². The van der Waals surface area contributed by atoms with Crippen LogP contribution in [0.4, 0.5) is 0 Å². The monoisotopic (exact) mass is 470 g/mol. The second-order valence-electron chi connectivity index (χ2n) is 7.80. The van der Waals surface area contributed by atoms with Crippen LogP contribution in [0.15, 0.2) is 121 Å². The molecule has 4 aromatic carbocycles. The Bertz CT molecular complexity index is 946. The molecule has 3 nitrogen and oxygen atoms in total. The van der Waals surface area contributed by atoms with Crippen molar-refractivity contribution in [3.8, 4) is 0 Å². The number of hydrazine groups is 1. The average molecular weight is 470 g/mol. The van der Waals surface area contributed by atoms with Gasteiger partial charge in [0.05, 0.1) is 13.2 Å². The van der Waals surface area contributed by atoms with Gasteiger partial charge in [-0.3, -0.25) is 0 Å². The maximum Gasteiger partial charge on any atom is 0.0608 e. The zero-order chi connectivity index (χ0) is 22.3. The van der Waals surface area contributed by atoms with E-state index < -0.39 is 16.1 Å². The first-order chi connectivity index (χ1) is 16.4. The predicted octanol–water partition coefficient (Wildman–Crippen LogP) is 4.63. The van der Waals surface area contributed by atoms with E-state index in [0.717, 1.165) is 26.3 Å². The van der Waals surface area contributed by atoms with E-state index in [1.165, 1.54) is 21.2 Å². The number of ether oxygens (including phenoxy) is 1. The minimum absolute atomic E-state index is 0.760. The van der Waals surface area contributed by atoms with Crippen molar-refractivity contribution in [1.29, 1.82) is 0 Å². The van der Waals surface area contributed by atoms with E-state index >= 15 is 0 Å². The predicted molar refractivity (Wildman–Crippen MR) is 142 cm³/mol. The first kappa shape index (κ1) is 22.4. The molecule has 1 heterocycles. The fourth-order valence-electron chi connectivity index (χ4n) is 4.06. The zero-order valence-corrected chi connectivity index (χ0v) is 20.4. The number of hydrogen-bond acceptors (Lipinski definition) is 3. The van der Waals surface area contributed by atoms with Crippen LogP contribution in [0, 0.1) is 0 Å². The smallest absolute Gasteiger partial charge is 0.0608 e. The highest BCUT2D eigenvalue weighted by atomic mass is 31.2. The molecule has 4 aromatic rings. The molecule has 0 atom stereocenters. The van der Waals surface area contributed by atoms with Crippen LogP contribution in [0.2, 0.25) is 0 Å². The van der Waals surface area contributed by atoms with Crippen LogP contribution in [0.25, 0.3) is 0 Å². The molecular formula is C28H28N2OP2. The van der Waals surface area contributed by atoms with Gasteiger partial charge in [0.2, 0.25) is 0 Å². The van der Waals surface area contributed by atoms with E-state index in [9.17, 15) is 0 Å². The molecule has 1 saturated heterocycles. The maximum absolute atomic E-state index is 5.78. The molecule has 1 fully saturated rings. The van der Waals surface area contributed by atoms with Crippen molar-refractivity contribution in [2.24, 2.45) is 0 Å². The van der Waals surface area contributed by atoms with E-state index in [-0.39, 0.29) is 0 Å². The molecule has 0 bridgehead atoms. The van der Waals surface area contributed by atoms with Crippen molar-refractivity contribution in [3.63, 3.8) is 0 Å². The Hall–Kier alpha value is -2.38. The summed E-state index contributed by atoms with van der Waals surface area (Å²) < 4.78 is 8.50. The van der Waals surface area contributed by atoms with E-state index in [2.05, 4.69) is 131 Å². The number of nitrogens with zero attached hydrogens (tertiary/aromatic N) is 2. The minimum Gasteiger partial charge on any atom is -0.379 e. The van der Waals surface area contributed by atoms with E-state index in [1.54, 1.807) is 0 Å². The van der Waals surface area contributed by atoms with Crippen LogP contribution in [-0.2, 0) is 4.74 Å². The molecule has 0 radical (unpaired) electrons. The second kappa shape index (κ2) is 11.2. The SMILES string of the molecule is c1ccc(P(c2ccccc2)N(N2CCOCC2)P(c2ccccc2)c2ccccc2)cc1. The molecule has 0 aliphatic carbocycles. The van der Waals surface area contributed by atoms with E-state index in [4.69, 9.17) is 4.74 Å². The second-order valence-corrected chi connectivity index (χ2v) is 12.2. The fourth-order valence-corrected chi connectivity index (χ4v) is 10.1. The summed E-state index contributed by atoms with van der Waals surface area (Å²) in [6, 6.07) is 44.1. The summed E-state index contributed by atoms with van der Waals surface area (Å²) in [7, 11) is -1.58. The van der Waals surface area contributed by atoms with Gasteiger partial charge >= 0.3 is 0 Å². The normalized spacial score (nSPS) is 14.8. The van der Waals surface area contributed by atoms with Gasteiger partial charge in [-0.2, -0.15) is 4.55 Å². The lowest BCUT2D eigenvalue weighted by Crippen LogP contribution is -2.48. The Morgan fingerprint density at radius 1 is 0.485 bits per heavy atom. The lowest BCUT2D eigenvalue weighted by Gasteiger charge is -2.46. The number of morpholine rings is 1. The van der Waals surface area contributed by atoms with Crippen molar-refractivity contribution in [2.75, 3.05) is 26.3 Å². The van der Waals surface area contributed by atoms with Crippen LogP contribution in [-0.4, -0.2) is 35.9 Å². The third-order valence-corrected chi connectivity index (χ3v) is 11.0. The number of rotatable bonds is 7. The molecule has 5 heteroatoms. The van der Waals surface area contributed by atoms with Crippen LogP contribution in [0.5, 0.6) is 0 Å². The van der Waals surface area contributed by atoms with Crippen LogP contribution in [0.1, 0.15) is 0 Å². The Morgan fingerprint density at radius 2 is 0.788 bits per heavy atom. The summed E-state index contributed by atoms with van der Waals surface area (Å²) in [6.07, 6.45) is 0. The molecule has 1 aliphatic rings. The molecule has 5 rings (SSSR count). The van der Waals surface area contributed by atoms with Crippen LogP contribution < -0.4 is 21.2 Å². The summed E-state index contributed by atoms with van der Waals surface area (Å²) in [6.45, 7) is 3.32. The summed E-state index contributed by atoms with van der Waals surface area (Å²) >= 11 is 0. The highest BCUT2D eigenvalue weighted by Crippen LogP contribution is 2.55. The topological polar surface area (TPSA) is 15.7 Å². The highest BCUT2D eigenvalue weighted by Gasteiger charge is 2.36. The van der Waals surface area contributed by atoms with Gasteiger partial charge < -0.3 is 4.74 Å². The van der Waals surface area contributed by atoms with Gasteiger partial charge in [0.15, 0.2) is 0 Å². The molecular weight excluding hydrogens is 442 g/mol. The van der Waals surface area contributed by atoms with Gasteiger partial charge in [-0.15, -0.1) is 0 Å². The minimum atomic E-state index is -0.791. The standard InChI is InChI=1S/C28H28N2OP2/c1-5-13-25(14-6-1)32(26-15-7-2-8-16-26)30(29-21-23-31-24-22-29)33(27-17-9-3-10-18-27)28-19-11-4-12-20-28/h1-20H,21-24H2. The molecule has 166 valence electrons. The van der Waals surface area contributed by atoms with Crippen molar-refractivity contribution in [2.45, 2.75) is 0 Å². The molecule has 0 saturated carbocycles. The van der Waals surface area contributed by atoms with Crippen molar-refractivity contribution >= 4 is 37.4 Å². The summed E-state index contributed by atoms with van der Waals surface area (Å²) in [4.78, 5) is 0. The van der Waals surface area contributed by atoms with E-state index in [1.807, 2.05) is 0 Å². The Balaban J connectivity index is 1.72. The maximum atomic E-state index is 5.78. The lowest BCUT2D eigenvalue weighted by molar-refractivity contribution is -0.00482. The largest absolute Gasteiger partial charge is 0.379 e. The van der Waals surface area contributed by atoms with Crippen LogP contribution in [0.3, 0.4) is 0 Å². The Labute approximate surface area is 199 Å². The quantitative estimate of drug-likeness (QED) is 0.367. The molecule has 0 spiro atoms. The lowest BCUT2D eigenvalue weighted by atomic mass is 10.4. The highest BCUT2D eigenvalue weighted by molar-refractivity contribution is 7.84. The fraction of sp³-hybridized carbons (Fsp3) is 0.143. The molecule has 0 N–H and O–H groups in total. The van der Waals surface area contributed by atoms with Crippen molar-refractivity contribution in [3.05, 3.63) is 121 Å². The summed E-state index contributed by atoms with van der Waals surface area (Å²) in [5.41, 5.74) is 0. The molecule has 1 aliphatic heterocycles. The number of benzene rings is 4. The Kier molecular flexibility index (Phi) is 7.58.